The monoisotopic (exact) mass is 2050 g/mol. The summed E-state index contributed by atoms with van der Waals surface area (Å²) in [6.07, 6.45) is 22.6. The number of hydrogen-bond donors (Lipinski definition) is 3. The predicted molar refractivity (Wildman–Crippen MR) is 591 cm³/mol. The van der Waals surface area contributed by atoms with Crippen LogP contribution < -0.4 is 14.8 Å². The van der Waals surface area contributed by atoms with Crippen LogP contribution in [0.1, 0.15) is 436 Å². The van der Waals surface area contributed by atoms with Gasteiger partial charge in [0.25, 0.3) is 23.6 Å². The normalized spacial score (nSPS) is 20.6. The smallest absolute Gasteiger partial charge is 0.338 e. The molecule has 6 aliphatic rings. The fraction of sp³-hybridized carbons (Fsp3) is 0.623. The molecule has 0 saturated heterocycles. The van der Waals surface area contributed by atoms with Crippen molar-refractivity contribution >= 4 is 68.6 Å². The lowest BCUT2D eigenvalue weighted by atomic mass is 9.69. The van der Waals surface area contributed by atoms with E-state index < -0.39 is 17.0 Å². The van der Waals surface area contributed by atoms with Crippen LogP contribution >= 0.6 is 15.9 Å². The number of ether oxygens (including phenoxy) is 4. The zero-order chi connectivity index (χ0) is 107. The Bertz CT molecular complexity index is 5440. The molecule has 3 aliphatic heterocycles. The average molecular weight is 2050 g/mol. The van der Waals surface area contributed by atoms with Crippen molar-refractivity contribution < 1.29 is 52.8 Å². The Labute approximate surface area is 878 Å². The predicted octanol–water partition coefficient (Wildman–Crippen LogP) is 29.2. The highest BCUT2D eigenvalue weighted by Crippen LogP contribution is 2.55. The molecule has 4 heterocycles. The van der Waals surface area contributed by atoms with Gasteiger partial charge < -0.3 is 44.1 Å². The Kier molecular flexibility index (Phi) is 41.0. The summed E-state index contributed by atoms with van der Waals surface area (Å²) in [5.41, 5.74) is 7.26. The summed E-state index contributed by atoms with van der Waals surface area (Å²) >= 11 is 3.38. The Balaban J connectivity index is 0.000000216. The summed E-state index contributed by atoms with van der Waals surface area (Å²) in [7, 11) is 0. The molecular weight excluding hydrogens is 1880 g/mol. The Morgan fingerprint density at radius 3 is 1.01 bits per heavy atom. The zero-order valence-corrected chi connectivity index (χ0v) is 95.0. The van der Waals surface area contributed by atoms with Gasteiger partial charge in [-0.15, -0.1) is 10.2 Å². The first-order chi connectivity index (χ1) is 68.0. The number of alkyl halides is 1. The van der Waals surface area contributed by atoms with Crippen LogP contribution in [0.25, 0.3) is 0 Å². The van der Waals surface area contributed by atoms with Gasteiger partial charge in [-0.3, -0.25) is 34.2 Å². The number of benzene rings is 6. The largest absolute Gasteiger partial charge is 0.508 e. The van der Waals surface area contributed by atoms with Crippen LogP contribution in [-0.2, 0) is 30.4 Å². The van der Waals surface area contributed by atoms with Crippen molar-refractivity contribution in [1.29, 1.82) is 0 Å². The first-order valence-electron chi connectivity index (χ1n) is 54.4. The number of halogens is 1. The molecule has 794 valence electrons. The average Bonchev–Trinajstić information content (AvgIpc) is 1.59. The van der Waals surface area contributed by atoms with Crippen molar-refractivity contribution in [3.05, 3.63) is 201 Å². The van der Waals surface area contributed by atoms with Crippen LogP contribution in [-0.4, -0.2) is 141 Å². The molecule has 3 aliphatic carbocycles. The number of nitrogens with one attached hydrogen (secondary N) is 2. The number of aromatic nitrogens is 4. The highest BCUT2D eigenvalue weighted by molar-refractivity contribution is 9.09. The number of nitrogens with zero attached hydrogens (tertiary/aromatic N) is 9. The van der Waals surface area contributed by atoms with Crippen LogP contribution in [0.2, 0.25) is 0 Å². The van der Waals surface area contributed by atoms with Crippen LogP contribution in [0.4, 0.5) is 0 Å². The number of tetrazole rings is 1. The van der Waals surface area contributed by atoms with Crippen LogP contribution in [0, 0.1) is 68.0 Å². The number of carbonyl (C=O) groups excluding carboxylic acids is 6. The van der Waals surface area contributed by atoms with Gasteiger partial charge in [0.1, 0.15) is 51.4 Å². The van der Waals surface area contributed by atoms with Crippen molar-refractivity contribution in [3.8, 4) is 17.2 Å². The molecule has 22 nitrogen and oxygen atoms in total. The summed E-state index contributed by atoms with van der Waals surface area (Å²) in [5, 5.41) is 28.0. The molecule has 13 rings (SSSR count). The summed E-state index contributed by atoms with van der Waals surface area (Å²) in [4.78, 5) is 105. The zero-order valence-electron chi connectivity index (χ0n) is 93.4. The van der Waals surface area contributed by atoms with E-state index in [0.29, 0.717) is 88.0 Å². The first-order valence-corrected chi connectivity index (χ1v) is 55.5. The number of rotatable bonds is 35. The number of carbonyl (C=O) groups is 6. The maximum absolute atomic E-state index is 14.9. The molecule has 145 heavy (non-hydrogen) atoms. The molecule has 6 aromatic carbocycles. The molecule has 4 amide bonds. The van der Waals surface area contributed by atoms with Crippen LogP contribution in [0.3, 0.4) is 0 Å². The third-order valence-electron chi connectivity index (χ3n) is 29.8. The van der Waals surface area contributed by atoms with Crippen molar-refractivity contribution in [1.82, 2.24) is 40.6 Å². The van der Waals surface area contributed by atoms with E-state index >= 15 is 0 Å². The maximum Gasteiger partial charge on any atom is 0.338 e. The second kappa shape index (κ2) is 50.9. The number of aromatic hydroxyl groups is 1. The Morgan fingerprint density at radius 2 is 0.731 bits per heavy atom. The molecule has 3 atom stereocenters. The molecule has 1 aromatic heterocycles. The van der Waals surface area contributed by atoms with Crippen LogP contribution in [0.15, 0.2) is 161 Å². The fourth-order valence-electron chi connectivity index (χ4n) is 21.2. The van der Waals surface area contributed by atoms with Gasteiger partial charge in [0.15, 0.2) is 5.82 Å². The van der Waals surface area contributed by atoms with Crippen molar-refractivity contribution in [2.45, 2.75) is 402 Å². The molecule has 23 heteroatoms. The number of esters is 2. The van der Waals surface area contributed by atoms with E-state index in [0.717, 1.165) is 192 Å². The highest BCUT2D eigenvalue weighted by atomic mass is 79.9. The number of phenolic OH excluding ortho intramolecular Hbond substituents is 1. The van der Waals surface area contributed by atoms with E-state index in [4.69, 9.17) is 33.9 Å². The van der Waals surface area contributed by atoms with Gasteiger partial charge in [0.2, 0.25) is 0 Å². The van der Waals surface area contributed by atoms with E-state index in [1.165, 1.54) is 12.8 Å². The standard InChI is InChI=1S/C41H60N2O4.C40H57N7O3.C35H48N2O4.C6H13Br/c1-28(2)13-12-26-46-34-15-11-14-32(27-34)36-37(44)43(41(42-36)24-20-33(21-25-41)40(8,9)10)35(22-23-39(5,6)7)30-16-18-31(19-17-30)38(45)47-29(3)4;1-27(2)11-10-24-50-32-13-9-12-30(25-32)35-37(49)47(40(42-35)22-18-31(19-23-40)39(6,7)8)33(20-21-38(3,4)5)28-14-16-29(17-15-28)36(48)41-26-34-43-45-46-44-34;1-23(2)41-32(40)25-14-12-24(13-15-25)29(18-19-33(3,4)5)37-31(39)30(26-10-9-11-28(38)22-26)36-35(37)20-16-27(17-21-35)34(6,7)8;1-6(2)4-3-5-7/h11,14-19,27-29,33,35H,12-13,20-26H2,1-10H3;9,12-17,25,27,31,33H,10-11,18-24,26H2,1-8H3,(H,41,48)(H,43,44,45,46);9-15,22-23,27,29,38H,16-21H2,1-8H3;6H,3-5H2,1-2H3/t33?,35-,41?;31?,33-,40?;27?,29-,35?;/m111./s1. The van der Waals surface area contributed by atoms with Gasteiger partial charge in [-0.25, -0.2) is 9.59 Å². The van der Waals surface area contributed by atoms with E-state index in [1.54, 1.807) is 18.2 Å². The summed E-state index contributed by atoms with van der Waals surface area (Å²) in [5.74, 6) is 4.88. The summed E-state index contributed by atoms with van der Waals surface area (Å²) in [6.45, 7) is 63.2. The second-order valence-corrected chi connectivity index (χ2v) is 51.3. The summed E-state index contributed by atoms with van der Waals surface area (Å²) < 4.78 is 23.1. The molecule has 0 radical (unpaired) electrons. The van der Waals surface area contributed by atoms with Gasteiger partial charge in [-0.2, -0.15) is 5.21 Å². The number of aliphatic imine (C=N–C) groups is 3. The summed E-state index contributed by atoms with van der Waals surface area (Å²) in [6, 6.07) is 45.1. The Hall–Kier alpha value is -9.90. The number of amides is 4. The quantitative estimate of drug-likeness (QED) is 0.0189. The maximum atomic E-state index is 14.9. The fourth-order valence-corrected chi connectivity index (χ4v) is 21.6. The van der Waals surface area contributed by atoms with Crippen molar-refractivity contribution in [3.63, 3.8) is 0 Å². The van der Waals surface area contributed by atoms with Gasteiger partial charge in [0, 0.05) is 27.6 Å². The van der Waals surface area contributed by atoms with Crippen molar-refractivity contribution in [2.24, 2.45) is 83.0 Å². The molecule has 0 bridgehead atoms. The number of phenols is 1. The van der Waals surface area contributed by atoms with Gasteiger partial charge in [-0.1, -0.05) is 267 Å². The molecular formula is C122H178BrN11O11. The molecule has 3 fully saturated rings. The topological polar surface area (TPSA) is 273 Å². The van der Waals surface area contributed by atoms with E-state index in [-0.39, 0.29) is 111 Å². The number of H-pyrrole nitrogens is 1. The molecule has 0 unspecified atom stereocenters. The lowest BCUT2D eigenvalue weighted by Crippen LogP contribution is -2.51. The molecule has 3 spiro atoms. The Morgan fingerprint density at radius 1 is 0.421 bits per heavy atom. The van der Waals surface area contributed by atoms with E-state index in [1.807, 2.05) is 155 Å². The van der Waals surface area contributed by atoms with E-state index in [9.17, 15) is 33.9 Å². The van der Waals surface area contributed by atoms with Gasteiger partial charge in [-0.05, 0) is 333 Å². The van der Waals surface area contributed by atoms with Gasteiger partial charge in [0.05, 0.1) is 61.2 Å². The molecule has 3 N–H and O–H groups in total. The molecule has 3 saturated carbocycles. The second-order valence-electron chi connectivity index (χ2n) is 50.5. The lowest BCUT2D eigenvalue weighted by Gasteiger charge is -2.47. The minimum absolute atomic E-state index is 0.0154. The van der Waals surface area contributed by atoms with Crippen LogP contribution in [0.5, 0.6) is 17.2 Å². The third-order valence-corrected chi connectivity index (χ3v) is 30.3. The van der Waals surface area contributed by atoms with Gasteiger partial charge >= 0.3 is 11.9 Å². The minimum Gasteiger partial charge on any atom is -0.508 e. The molecule has 7 aromatic rings. The first kappa shape index (κ1) is 117. The number of aromatic amines is 1. The van der Waals surface area contributed by atoms with Crippen molar-refractivity contribution in [2.75, 3.05) is 18.5 Å². The van der Waals surface area contributed by atoms with E-state index in [2.05, 4.69) is 223 Å². The lowest BCUT2D eigenvalue weighted by molar-refractivity contribution is -0.134. The third kappa shape index (κ3) is 33.3. The minimum atomic E-state index is -0.641. The SMILES string of the molecule is CC(C)CCCBr.CC(C)CCCOc1cccc(C2=NC3(CCC(C(C)(C)C)CC3)N([C@H](CCC(C)(C)C)c3ccc(C(=O)NCc4nn[nH]n4)cc3)C2=O)c1.CC(C)CCCOc1cccc(C2=NC3(CCC(C(C)(C)C)CC3)N([C@H](CCC(C)(C)C)c3ccc(C(=O)OC(C)C)cc3)C2=O)c1.CC(C)OC(=O)c1ccc([C@@H](CCC(C)(C)C)N2C(=O)C(c3cccc(O)c3)=NC23CCC(C(C)(C)C)CC3)cc1. The highest BCUT2D eigenvalue weighted by Gasteiger charge is 2.57. The number of hydrogen-bond acceptors (Lipinski definition) is 17.